The second-order valence-corrected chi connectivity index (χ2v) is 3.02. The average molecular weight is 203 g/mol. The van der Waals surface area contributed by atoms with Crippen LogP contribution in [-0.4, -0.2) is 48.5 Å². The number of azide groups is 1. The lowest BCUT2D eigenvalue weighted by Gasteiger charge is -2.35. The molecule has 14 heavy (non-hydrogen) atoms. The lowest BCUT2D eigenvalue weighted by molar-refractivity contribution is -0.217. The SMILES string of the molecule is CO[C@@H]1C[C@@H](O)[C@H](N=[N+]=[N-])[C@@H](CO)O1. The molecule has 0 aliphatic carbocycles. The zero-order chi connectivity index (χ0) is 10.6. The smallest absolute Gasteiger partial charge is 0.160 e. The second kappa shape index (κ2) is 5.14. The van der Waals surface area contributed by atoms with Gasteiger partial charge in [0.1, 0.15) is 0 Å². The van der Waals surface area contributed by atoms with Crippen molar-refractivity contribution in [2.45, 2.75) is 31.0 Å². The van der Waals surface area contributed by atoms with Gasteiger partial charge < -0.3 is 19.7 Å². The normalized spacial score (nSPS) is 37.6. The van der Waals surface area contributed by atoms with Gasteiger partial charge in [0.25, 0.3) is 0 Å². The Bertz CT molecular complexity index is 231. The Hall–Kier alpha value is -0.850. The highest BCUT2D eigenvalue weighted by molar-refractivity contribution is 4.88. The fourth-order valence-corrected chi connectivity index (χ4v) is 1.43. The first kappa shape index (κ1) is 11.2. The van der Waals surface area contributed by atoms with E-state index >= 15 is 0 Å². The first-order chi connectivity index (χ1) is 6.72. The summed E-state index contributed by atoms with van der Waals surface area (Å²) in [7, 11) is 1.44. The highest BCUT2D eigenvalue weighted by Crippen LogP contribution is 2.23. The Morgan fingerprint density at radius 3 is 2.93 bits per heavy atom. The van der Waals surface area contributed by atoms with E-state index < -0.39 is 24.5 Å². The summed E-state index contributed by atoms with van der Waals surface area (Å²) in [6.07, 6.45) is -1.88. The lowest BCUT2D eigenvalue weighted by Crippen LogP contribution is -2.49. The molecule has 0 radical (unpaired) electrons. The van der Waals surface area contributed by atoms with Crippen LogP contribution in [0.4, 0.5) is 0 Å². The molecule has 0 bridgehead atoms. The summed E-state index contributed by atoms with van der Waals surface area (Å²) in [5, 5.41) is 21.9. The molecule has 80 valence electrons. The van der Waals surface area contributed by atoms with Gasteiger partial charge in [-0.2, -0.15) is 0 Å². The Morgan fingerprint density at radius 1 is 1.71 bits per heavy atom. The van der Waals surface area contributed by atoms with Crippen molar-refractivity contribution in [3.05, 3.63) is 10.4 Å². The van der Waals surface area contributed by atoms with E-state index in [9.17, 15) is 5.11 Å². The first-order valence-corrected chi connectivity index (χ1v) is 4.24. The molecular formula is C7H13N3O4. The van der Waals surface area contributed by atoms with Gasteiger partial charge in [-0.1, -0.05) is 5.11 Å². The Morgan fingerprint density at radius 2 is 2.43 bits per heavy atom. The summed E-state index contributed by atoms with van der Waals surface area (Å²) in [4.78, 5) is 2.59. The minimum atomic E-state index is -0.846. The summed E-state index contributed by atoms with van der Waals surface area (Å²) < 4.78 is 10.1. The molecule has 7 nitrogen and oxygen atoms in total. The summed E-state index contributed by atoms with van der Waals surface area (Å²) in [6, 6.07) is -0.753. The summed E-state index contributed by atoms with van der Waals surface area (Å²) in [5.74, 6) is 0. The van der Waals surface area contributed by atoms with Crippen LogP contribution in [0.5, 0.6) is 0 Å². The zero-order valence-electron chi connectivity index (χ0n) is 7.78. The Balaban J connectivity index is 2.70. The number of methoxy groups -OCH3 is 1. The molecule has 0 amide bonds. The second-order valence-electron chi connectivity index (χ2n) is 3.02. The van der Waals surface area contributed by atoms with Gasteiger partial charge in [-0.15, -0.1) is 0 Å². The molecule has 1 rings (SSSR count). The molecule has 1 aliphatic rings. The zero-order valence-corrected chi connectivity index (χ0v) is 7.78. The van der Waals surface area contributed by atoms with Gasteiger partial charge in [0.15, 0.2) is 6.29 Å². The molecule has 0 aromatic heterocycles. The van der Waals surface area contributed by atoms with Crippen LogP contribution in [0, 0.1) is 0 Å². The van der Waals surface area contributed by atoms with E-state index in [4.69, 9.17) is 20.1 Å². The van der Waals surface area contributed by atoms with Crippen LogP contribution in [0.2, 0.25) is 0 Å². The van der Waals surface area contributed by atoms with Crippen LogP contribution < -0.4 is 0 Å². The molecule has 0 aromatic carbocycles. The number of aliphatic hydroxyl groups is 2. The van der Waals surface area contributed by atoms with Gasteiger partial charge in [-0.25, -0.2) is 0 Å². The quantitative estimate of drug-likeness (QED) is 0.375. The highest BCUT2D eigenvalue weighted by atomic mass is 16.7. The van der Waals surface area contributed by atoms with Gasteiger partial charge in [-0.3, -0.25) is 0 Å². The molecule has 0 aromatic rings. The van der Waals surface area contributed by atoms with Gasteiger partial charge in [0.2, 0.25) is 0 Å². The van der Waals surface area contributed by atoms with E-state index in [-0.39, 0.29) is 13.0 Å². The first-order valence-electron chi connectivity index (χ1n) is 4.24. The number of nitrogens with zero attached hydrogens (tertiary/aromatic N) is 3. The molecule has 1 saturated heterocycles. The highest BCUT2D eigenvalue weighted by Gasteiger charge is 2.36. The van der Waals surface area contributed by atoms with Crippen LogP contribution in [0.1, 0.15) is 6.42 Å². The van der Waals surface area contributed by atoms with Crippen LogP contribution >= 0.6 is 0 Å². The standard InChI is InChI=1S/C7H13N3O4/c1-13-6-2-4(12)7(9-10-8)5(3-11)14-6/h4-7,11-12H,2-3H2,1H3/t4-,5-,6+,7+/m1/s1. The van der Waals surface area contributed by atoms with Crippen molar-refractivity contribution in [1.82, 2.24) is 0 Å². The third-order valence-electron chi connectivity index (χ3n) is 2.16. The third kappa shape index (κ3) is 2.34. The molecule has 1 heterocycles. The van der Waals surface area contributed by atoms with Crippen molar-refractivity contribution in [1.29, 1.82) is 0 Å². The number of ether oxygens (including phenoxy) is 2. The molecule has 0 spiro atoms. The van der Waals surface area contributed by atoms with E-state index in [0.717, 1.165) is 0 Å². The van der Waals surface area contributed by atoms with Crippen molar-refractivity contribution in [3.63, 3.8) is 0 Å². The van der Waals surface area contributed by atoms with E-state index in [2.05, 4.69) is 10.0 Å². The minimum Gasteiger partial charge on any atom is -0.394 e. The Kier molecular flexibility index (Phi) is 4.12. The van der Waals surface area contributed by atoms with Gasteiger partial charge in [0, 0.05) is 18.4 Å². The molecular weight excluding hydrogens is 190 g/mol. The number of hydrogen-bond acceptors (Lipinski definition) is 5. The predicted octanol–water partition coefficient (Wildman–Crippen LogP) is -0.220. The maximum absolute atomic E-state index is 9.57. The lowest BCUT2D eigenvalue weighted by atomic mass is 10.00. The van der Waals surface area contributed by atoms with Gasteiger partial charge in [0.05, 0.1) is 24.9 Å². The van der Waals surface area contributed by atoms with Gasteiger partial charge >= 0.3 is 0 Å². The third-order valence-corrected chi connectivity index (χ3v) is 2.16. The predicted molar refractivity (Wildman–Crippen MR) is 46.3 cm³/mol. The molecule has 4 atom stereocenters. The molecule has 0 unspecified atom stereocenters. The molecule has 7 heteroatoms. The molecule has 1 fully saturated rings. The summed E-state index contributed by atoms with van der Waals surface area (Å²) in [5.41, 5.74) is 8.25. The van der Waals surface area contributed by atoms with Crippen molar-refractivity contribution in [3.8, 4) is 0 Å². The summed E-state index contributed by atoms with van der Waals surface area (Å²) in [6.45, 7) is -0.319. The average Bonchev–Trinajstić information content (AvgIpc) is 2.20. The monoisotopic (exact) mass is 203 g/mol. The maximum atomic E-state index is 9.57. The van der Waals surface area contributed by atoms with Crippen molar-refractivity contribution in [2.75, 3.05) is 13.7 Å². The van der Waals surface area contributed by atoms with Crippen molar-refractivity contribution in [2.24, 2.45) is 5.11 Å². The van der Waals surface area contributed by atoms with Crippen molar-refractivity contribution >= 4 is 0 Å². The number of aliphatic hydroxyl groups excluding tert-OH is 2. The Labute approximate surface area is 80.9 Å². The summed E-state index contributed by atoms with van der Waals surface area (Å²) >= 11 is 0. The topological polar surface area (TPSA) is 108 Å². The van der Waals surface area contributed by atoms with E-state index in [1.807, 2.05) is 0 Å². The largest absolute Gasteiger partial charge is 0.394 e. The van der Waals surface area contributed by atoms with Crippen LogP contribution in [0.3, 0.4) is 0 Å². The van der Waals surface area contributed by atoms with Crippen LogP contribution in [0.15, 0.2) is 5.11 Å². The van der Waals surface area contributed by atoms with E-state index in [1.165, 1.54) is 7.11 Å². The fraction of sp³-hybridized carbons (Fsp3) is 1.00. The number of hydrogen-bond donors (Lipinski definition) is 2. The van der Waals surface area contributed by atoms with E-state index in [1.54, 1.807) is 0 Å². The van der Waals surface area contributed by atoms with Gasteiger partial charge in [-0.05, 0) is 5.53 Å². The fourth-order valence-electron chi connectivity index (χ4n) is 1.43. The maximum Gasteiger partial charge on any atom is 0.160 e. The van der Waals surface area contributed by atoms with Crippen LogP contribution in [-0.2, 0) is 9.47 Å². The molecule has 0 saturated carbocycles. The van der Waals surface area contributed by atoms with Crippen LogP contribution in [0.25, 0.3) is 10.4 Å². The van der Waals surface area contributed by atoms with E-state index in [0.29, 0.717) is 0 Å². The minimum absolute atomic E-state index is 0.233. The molecule has 1 aliphatic heterocycles. The number of rotatable bonds is 3. The van der Waals surface area contributed by atoms with Crippen molar-refractivity contribution < 1.29 is 19.7 Å². The molecule has 2 N–H and O–H groups in total.